The first-order valence-corrected chi connectivity index (χ1v) is 4.72. The van der Waals surface area contributed by atoms with Crippen LogP contribution in [-0.2, 0) is 0 Å². The van der Waals surface area contributed by atoms with E-state index in [1.807, 2.05) is 18.2 Å². The van der Waals surface area contributed by atoms with Crippen molar-refractivity contribution in [3.05, 3.63) is 40.8 Å². The zero-order valence-corrected chi connectivity index (χ0v) is 7.98. The third-order valence-corrected chi connectivity index (χ3v) is 2.00. The first-order chi connectivity index (χ1) is 6.84. The third kappa shape index (κ3) is 3.47. The second-order valence-electron chi connectivity index (χ2n) is 3.10. The van der Waals surface area contributed by atoms with Gasteiger partial charge in [0.15, 0.2) is 5.78 Å². The molecule has 1 rings (SSSR count). The molecule has 0 amide bonds. The van der Waals surface area contributed by atoms with Crippen molar-refractivity contribution in [2.24, 2.45) is 5.18 Å². The Balaban J connectivity index is 2.32. The number of rotatable bonds is 6. The van der Waals surface area contributed by atoms with E-state index in [9.17, 15) is 9.70 Å². The van der Waals surface area contributed by atoms with E-state index in [2.05, 4.69) is 5.18 Å². The summed E-state index contributed by atoms with van der Waals surface area (Å²) in [5.74, 6) is 0.136. The summed E-state index contributed by atoms with van der Waals surface area (Å²) in [7, 11) is 0. The number of carbonyl (C=O) groups is 1. The summed E-state index contributed by atoms with van der Waals surface area (Å²) in [6.45, 7) is 0.308. The molecule has 0 radical (unpaired) electrons. The number of hydrogen-bond acceptors (Lipinski definition) is 3. The summed E-state index contributed by atoms with van der Waals surface area (Å²) in [5, 5.41) is 2.74. The molecule has 0 N–H and O–H groups in total. The monoisotopic (exact) mass is 191 g/mol. The summed E-state index contributed by atoms with van der Waals surface area (Å²) in [4.78, 5) is 21.3. The van der Waals surface area contributed by atoms with Crippen molar-refractivity contribution < 1.29 is 4.79 Å². The van der Waals surface area contributed by atoms with Gasteiger partial charge in [-0.3, -0.25) is 4.79 Å². The van der Waals surface area contributed by atoms with Crippen LogP contribution in [0.15, 0.2) is 35.5 Å². The van der Waals surface area contributed by atoms with E-state index in [1.165, 1.54) is 0 Å². The maximum atomic E-state index is 11.5. The zero-order valence-electron chi connectivity index (χ0n) is 7.98. The van der Waals surface area contributed by atoms with Crippen LogP contribution in [0.1, 0.15) is 29.6 Å². The van der Waals surface area contributed by atoms with E-state index in [0.29, 0.717) is 19.4 Å². The number of hydrogen-bond donors (Lipinski definition) is 0. The molecular weight excluding hydrogens is 178 g/mol. The number of Topliss-reactive ketones (excluding diaryl/α,β-unsaturated/α-hetero) is 1. The molecule has 0 heterocycles. The molecule has 1 aromatic carbocycles. The quantitative estimate of drug-likeness (QED) is 0.394. The lowest BCUT2D eigenvalue weighted by molar-refractivity contribution is 0.0979. The molecule has 0 bridgehead atoms. The van der Waals surface area contributed by atoms with Crippen LogP contribution < -0.4 is 0 Å². The number of carbonyl (C=O) groups excluding carboxylic acids is 1. The van der Waals surface area contributed by atoms with E-state index >= 15 is 0 Å². The molecule has 0 atom stereocenters. The van der Waals surface area contributed by atoms with Gasteiger partial charge in [-0.25, -0.2) is 0 Å². The highest BCUT2D eigenvalue weighted by Crippen LogP contribution is 2.06. The molecule has 0 saturated heterocycles. The van der Waals surface area contributed by atoms with Crippen LogP contribution in [0, 0.1) is 4.91 Å². The SMILES string of the molecule is O=NCCCCC(=O)c1ccccc1. The molecule has 74 valence electrons. The predicted molar refractivity (Wildman–Crippen MR) is 55.3 cm³/mol. The molecule has 0 unspecified atom stereocenters. The fraction of sp³-hybridized carbons (Fsp3) is 0.364. The number of unbranched alkanes of at least 4 members (excludes halogenated alkanes) is 1. The van der Waals surface area contributed by atoms with Crippen LogP contribution >= 0.6 is 0 Å². The molecule has 0 fully saturated rings. The van der Waals surface area contributed by atoms with Gasteiger partial charge in [-0.1, -0.05) is 35.5 Å². The Labute approximate surface area is 83.1 Å². The number of nitroso groups, excluding NO2 is 1. The minimum atomic E-state index is 0.136. The first-order valence-electron chi connectivity index (χ1n) is 4.72. The maximum absolute atomic E-state index is 11.5. The summed E-state index contributed by atoms with van der Waals surface area (Å²) in [5.41, 5.74) is 0.742. The Kier molecular flexibility index (Phi) is 4.55. The van der Waals surface area contributed by atoms with Crippen LogP contribution in [0.2, 0.25) is 0 Å². The average molecular weight is 191 g/mol. The van der Waals surface area contributed by atoms with Crippen molar-refractivity contribution in [3.63, 3.8) is 0 Å². The van der Waals surface area contributed by atoms with Gasteiger partial charge in [0.1, 0.15) is 0 Å². The van der Waals surface area contributed by atoms with Crippen LogP contribution in [-0.4, -0.2) is 12.3 Å². The third-order valence-electron chi connectivity index (χ3n) is 2.00. The second kappa shape index (κ2) is 6.02. The number of benzene rings is 1. The van der Waals surface area contributed by atoms with Crippen molar-refractivity contribution in [2.45, 2.75) is 19.3 Å². The van der Waals surface area contributed by atoms with Crippen LogP contribution in [0.4, 0.5) is 0 Å². The van der Waals surface area contributed by atoms with E-state index < -0.39 is 0 Å². The lowest BCUT2D eigenvalue weighted by Gasteiger charge is -1.98. The molecule has 14 heavy (non-hydrogen) atoms. The molecule has 0 aliphatic carbocycles. The van der Waals surface area contributed by atoms with E-state index in [1.54, 1.807) is 12.1 Å². The van der Waals surface area contributed by atoms with Gasteiger partial charge < -0.3 is 0 Å². The van der Waals surface area contributed by atoms with Gasteiger partial charge in [-0.05, 0) is 12.8 Å². The summed E-state index contributed by atoms with van der Waals surface area (Å²) in [6.07, 6.45) is 1.93. The molecule has 0 aromatic heterocycles. The Morgan fingerprint density at radius 1 is 1.14 bits per heavy atom. The lowest BCUT2D eigenvalue weighted by atomic mass is 10.1. The molecule has 1 aromatic rings. The van der Waals surface area contributed by atoms with Crippen LogP contribution in [0.5, 0.6) is 0 Å². The smallest absolute Gasteiger partial charge is 0.162 e. The molecule has 3 nitrogen and oxygen atoms in total. The van der Waals surface area contributed by atoms with Crippen molar-refractivity contribution >= 4 is 5.78 Å². The van der Waals surface area contributed by atoms with Crippen LogP contribution in [0.25, 0.3) is 0 Å². The highest BCUT2D eigenvalue weighted by molar-refractivity contribution is 5.95. The Hall–Kier alpha value is -1.51. The van der Waals surface area contributed by atoms with Crippen molar-refractivity contribution in [1.29, 1.82) is 0 Å². The number of nitrogens with zero attached hydrogens (tertiary/aromatic N) is 1. The fourth-order valence-corrected chi connectivity index (χ4v) is 1.23. The van der Waals surface area contributed by atoms with E-state index in [-0.39, 0.29) is 5.78 Å². The molecule has 0 aliphatic rings. The highest BCUT2D eigenvalue weighted by Gasteiger charge is 2.03. The standard InChI is InChI=1S/C11H13NO2/c13-11(8-4-5-9-12-14)10-6-2-1-3-7-10/h1-3,6-7H,4-5,8-9H2. The Morgan fingerprint density at radius 2 is 1.86 bits per heavy atom. The second-order valence-corrected chi connectivity index (χ2v) is 3.10. The van der Waals surface area contributed by atoms with Gasteiger partial charge in [0.2, 0.25) is 0 Å². The lowest BCUT2D eigenvalue weighted by Crippen LogP contribution is -1.98. The molecular formula is C11H13NO2. The first kappa shape index (κ1) is 10.6. The van der Waals surface area contributed by atoms with Crippen molar-refractivity contribution in [2.75, 3.05) is 6.54 Å². The molecule has 0 spiro atoms. The minimum absolute atomic E-state index is 0.136. The molecule has 3 heteroatoms. The van der Waals surface area contributed by atoms with Gasteiger partial charge in [-0.15, -0.1) is 0 Å². The normalized spacial score (nSPS) is 9.71. The van der Waals surface area contributed by atoms with Gasteiger partial charge >= 0.3 is 0 Å². The average Bonchev–Trinajstić information content (AvgIpc) is 2.25. The number of ketones is 1. The van der Waals surface area contributed by atoms with Crippen molar-refractivity contribution in [3.8, 4) is 0 Å². The Bertz CT molecular complexity index is 295. The highest BCUT2D eigenvalue weighted by atomic mass is 16.3. The van der Waals surface area contributed by atoms with E-state index in [0.717, 1.165) is 12.0 Å². The van der Waals surface area contributed by atoms with Gasteiger partial charge in [0, 0.05) is 12.0 Å². The van der Waals surface area contributed by atoms with Gasteiger partial charge in [-0.2, -0.15) is 4.91 Å². The summed E-state index contributed by atoms with van der Waals surface area (Å²) < 4.78 is 0. The fourth-order valence-electron chi connectivity index (χ4n) is 1.23. The predicted octanol–water partition coefficient (Wildman–Crippen LogP) is 2.81. The summed E-state index contributed by atoms with van der Waals surface area (Å²) >= 11 is 0. The van der Waals surface area contributed by atoms with Gasteiger partial charge in [0.25, 0.3) is 0 Å². The molecule has 0 saturated carbocycles. The summed E-state index contributed by atoms with van der Waals surface area (Å²) in [6, 6.07) is 9.19. The van der Waals surface area contributed by atoms with Crippen LogP contribution in [0.3, 0.4) is 0 Å². The van der Waals surface area contributed by atoms with E-state index in [4.69, 9.17) is 0 Å². The topological polar surface area (TPSA) is 46.5 Å². The van der Waals surface area contributed by atoms with Gasteiger partial charge in [0.05, 0.1) is 6.54 Å². The Morgan fingerprint density at radius 3 is 2.50 bits per heavy atom. The minimum Gasteiger partial charge on any atom is -0.294 e. The van der Waals surface area contributed by atoms with Crippen molar-refractivity contribution in [1.82, 2.24) is 0 Å². The largest absolute Gasteiger partial charge is 0.294 e. The zero-order chi connectivity index (χ0) is 10.2. The maximum Gasteiger partial charge on any atom is 0.162 e. The molecule has 0 aliphatic heterocycles.